The number of carbonyl (C=O) groups is 2. The van der Waals surface area contributed by atoms with Gasteiger partial charge in [0.05, 0.1) is 13.1 Å². The second-order valence-electron chi connectivity index (χ2n) is 7.00. The Morgan fingerprint density at radius 3 is 2.04 bits per heavy atom. The lowest BCUT2D eigenvalue weighted by molar-refractivity contribution is -0.119. The van der Waals surface area contributed by atoms with Crippen molar-refractivity contribution in [2.24, 2.45) is 0 Å². The van der Waals surface area contributed by atoms with Gasteiger partial charge in [0, 0.05) is 16.4 Å². The van der Waals surface area contributed by atoms with Crippen molar-refractivity contribution in [2.45, 2.75) is 27.7 Å². The first-order valence-corrected chi connectivity index (χ1v) is 9.15. The summed E-state index contributed by atoms with van der Waals surface area (Å²) in [6.07, 6.45) is 0. The molecule has 0 aliphatic heterocycles. The number of benzene rings is 2. The van der Waals surface area contributed by atoms with Crippen LogP contribution in [0, 0.1) is 27.7 Å². The number of halogens is 1. The fraction of sp³-hybridized carbons (Fsp3) is 0.333. The minimum absolute atomic E-state index is 0.102. The van der Waals surface area contributed by atoms with Gasteiger partial charge in [-0.05, 0) is 63.6 Å². The number of anilines is 2. The highest BCUT2D eigenvalue weighted by Gasteiger charge is 2.14. The van der Waals surface area contributed by atoms with E-state index in [1.54, 1.807) is 24.1 Å². The number of hydrogen-bond donors (Lipinski definition) is 2. The van der Waals surface area contributed by atoms with Crippen LogP contribution in [0.2, 0.25) is 5.02 Å². The Hall–Kier alpha value is -2.37. The first kappa shape index (κ1) is 20.9. The Morgan fingerprint density at radius 2 is 1.44 bits per heavy atom. The van der Waals surface area contributed by atoms with E-state index in [1.165, 1.54) is 0 Å². The van der Waals surface area contributed by atoms with Gasteiger partial charge in [-0.1, -0.05) is 35.4 Å². The van der Waals surface area contributed by atoms with Crippen LogP contribution in [0.25, 0.3) is 0 Å². The Bertz CT molecular complexity index is 841. The van der Waals surface area contributed by atoms with Crippen LogP contribution in [0.5, 0.6) is 0 Å². The summed E-state index contributed by atoms with van der Waals surface area (Å²) in [6.45, 7) is 8.09. The van der Waals surface area contributed by atoms with Crippen LogP contribution >= 0.6 is 11.6 Å². The Morgan fingerprint density at radius 1 is 0.889 bits per heavy atom. The zero-order chi connectivity index (χ0) is 20.1. The van der Waals surface area contributed by atoms with E-state index >= 15 is 0 Å². The van der Waals surface area contributed by atoms with Crippen molar-refractivity contribution < 1.29 is 9.59 Å². The standard InChI is InChI=1S/C21H26ClN3O2/c1-13-8-15(3)21(16(4)9-13)24-20(27)12-25(5)11-19(26)23-18-10-17(22)7-6-14(18)2/h6-10H,11-12H2,1-5H3,(H,23,26)(H,24,27). The van der Waals surface area contributed by atoms with Crippen LogP contribution < -0.4 is 10.6 Å². The van der Waals surface area contributed by atoms with Crippen molar-refractivity contribution in [3.05, 3.63) is 57.6 Å². The predicted molar refractivity (Wildman–Crippen MR) is 112 cm³/mol. The van der Waals surface area contributed by atoms with Crippen LogP contribution in [0.1, 0.15) is 22.3 Å². The monoisotopic (exact) mass is 387 g/mol. The summed E-state index contributed by atoms with van der Waals surface area (Å²) in [5, 5.41) is 6.34. The number of nitrogens with one attached hydrogen (secondary N) is 2. The first-order valence-electron chi connectivity index (χ1n) is 8.78. The predicted octanol–water partition coefficient (Wildman–Crippen LogP) is 4.08. The lowest BCUT2D eigenvalue weighted by Gasteiger charge is -2.18. The molecular formula is C21H26ClN3O2. The van der Waals surface area contributed by atoms with Crippen molar-refractivity contribution in [1.29, 1.82) is 0 Å². The van der Waals surface area contributed by atoms with Gasteiger partial charge in [0.15, 0.2) is 0 Å². The maximum Gasteiger partial charge on any atom is 0.238 e. The number of rotatable bonds is 6. The van der Waals surface area contributed by atoms with Gasteiger partial charge in [-0.2, -0.15) is 0 Å². The minimum atomic E-state index is -0.196. The summed E-state index contributed by atoms with van der Waals surface area (Å²) < 4.78 is 0. The van der Waals surface area contributed by atoms with Crippen LogP contribution in [0.3, 0.4) is 0 Å². The van der Waals surface area contributed by atoms with Crippen molar-refractivity contribution in [2.75, 3.05) is 30.8 Å². The number of amides is 2. The van der Waals surface area contributed by atoms with Crippen LogP contribution in [0.15, 0.2) is 30.3 Å². The lowest BCUT2D eigenvalue weighted by Crippen LogP contribution is -2.36. The van der Waals surface area contributed by atoms with E-state index in [0.717, 1.165) is 27.9 Å². The van der Waals surface area contributed by atoms with Gasteiger partial charge in [-0.25, -0.2) is 0 Å². The highest BCUT2D eigenvalue weighted by atomic mass is 35.5. The summed E-state index contributed by atoms with van der Waals surface area (Å²) in [5.41, 5.74) is 5.65. The molecule has 0 bridgehead atoms. The normalized spacial score (nSPS) is 10.8. The summed E-state index contributed by atoms with van der Waals surface area (Å²) >= 11 is 5.97. The molecule has 2 amide bonds. The number of carbonyl (C=O) groups excluding carboxylic acids is 2. The molecule has 2 rings (SSSR count). The molecule has 0 aromatic heterocycles. The number of hydrogen-bond acceptors (Lipinski definition) is 3. The van der Waals surface area contributed by atoms with E-state index in [2.05, 4.69) is 10.6 Å². The van der Waals surface area contributed by atoms with Crippen molar-refractivity contribution in [3.63, 3.8) is 0 Å². The van der Waals surface area contributed by atoms with Crippen LogP contribution in [-0.2, 0) is 9.59 Å². The maximum absolute atomic E-state index is 12.3. The van der Waals surface area contributed by atoms with Gasteiger partial charge in [0.2, 0.25) is 11.8 Å². The molecule has 0 fully saturated rings. The fourth-order valence-electron chi connectivity index (χ4n) is 3.02. The van der Waals surface area contributed by atoms with E-state index in [9.17, 15) is 9.59 Å². The number of nitrogens with zero attached hydrogens (tertiary/aromatic N) is 1. The molecule has 5 nitrogen and oxygen atoms in total. The third-order valence-corrected chi connectivity index (χ3v) is 4.48. The number of aryl methyl sites for hydroxylation is 4. The molecule has 0 heterocycles. The van der Waals surface area contributed by atoms with E-state index in [4.69, 9.17) is 11.6 Å². The molecule has 2 N–H and O–H groups in total. The molecule has 0 radical (unpaired) electrons. The van der Waals surface area contributed by atoms with Crippen LogP contribution in [-0.4, -0.2) is 36.9 Å². The van der Waals surface area contributed by atoms with Gasteiger partial charge >= 0.3 is 0 Å². The van der Waals surface area contributed by atoms with E-state index in [-0.39, 0.29) is 24.9 Å². The average Bonchev–Trinajstić information content (AvgIpc) is 2.54. The largest absolute Gasteiger partial charge is 0.325 e. The summed E-state index contributed by atoms with van der Waals surface area (Å²) in [5.74, 6) is -0.349. The van der Waals surface area contributed by atoms with E-state index < -0.39 is 0 Å². The van der Waals surface area contributed by atoms with E-state index in [1.807, 2.05) is 45.9 Å². The molecule has 0 atom stereocenters. The summed E-state index contributed by atoms with van der Waals surface area (Å²) in [6, 6.07) is 9.41. The molecular weight excluding hydrogens is 362 g/mol. The van der Waals surface area contributed by atoms with Gasteiger partial charge < -0.3 is 10.6 Å². The van der Waals surface area contributed by atoms with Gasteiger partial charge in [0.25, 0.3) is 0 Å². The number of likely N-dealkylation sites (N-methyl/N-ethyl adjacent to an activating group) is 1. The third kappa shape index (κ3) is 6.08. The molecule has 27 heavy (non-hydrogen) atoms. The molecule has 0 unspecified atom stereocenters. The molecule has 144 valence electrons. The maximum atomic E-state index is 12.3. The molecule has 2 aromatic carbocycles. The lowest BCUT2D eigenvalue weighted by atomic mass is 10.1. The smallest absolute Gasteiger partial charge is 0.238 e. The molecule has 0 aliphatic carbocycles. The molecule has 6 heteroatoms. The van der Waals surface area contributed by atoms with Crippen LogP contribution in [0.4, 0.5) is 11.4 Å². The Kier molecular flexibility index (Phi) is 6.99. The van der Waals surface area contributed by atoms with Gasteiger partial charge in [-0.3, -0.25) is 14.5 Å². The summed E-state index contributed by atoms with van der Waals surface area (Å²) in [7, 11) is 1.73. The third-order valence-electron chi connectivity index (χ3n) is 4.24. The van der Waals surface area contributed by atoms with Gasteiger partial charge in [0.1, 0.15) is 0 Å². The minimum Gasteiger partial charge on any atom is -0.325 e. The van der Waals surface area contributed by atoms with Crippen molar-refractivity contribution >= 4 is 34.8 Å². The Balaban J connectivity index is 1.91. The Labute approximate surface area is 165 Å². The highest BCUT2D eigenvalue weighted by Crippen LogP contribution is 2.22. The summed E-state index contributed by atoms with van der Waals surface area (Å²) in [4.78, 5) is 26.3. The second kappa shape index (κ2) is 9.02. The topological polar surface area (TPSA) is 61.4 Å². The molecule has 0 saturated heterocycles. The first-order chi connectivity index (χ1) is 12.7. The molecule has 2 aromatic rings. The van der Waals surface area contributed by atoms with Gasteiger partial charge in [-0.15, -0.1) is 0 Å². The quantitative estimate of drug-likeness (QED) is 0.785. The zero-order valence-electron chi connectivity index (χ0n) is 16.4. The second-order valence-corrected chi connectivity index (χ2v) is 7.44. The van der Waals surface area contributed by atoms with E-state index in [0.29, 0.717) is 10.7 Å². The molecule has 0 spiro atoms. The zero-order valence-corrected chi connectivity index (χ0v) is 17.2. The average molecular weight is 388 g/mol. The molecule has 0 aliphatic rings. The SMILES string of the molecule is Cc1cc(C)c(NC(=O)CN(C)CC(=O)Nc2cc(Cl)ccc2C)c(C)c1. The highest BCUT2D eigenvalue weighted by molar-refractivity contribution is 6.31. The van der Waals surface area contributed by atoms with Crippen molar-refractivity contribution in [1.82, 2.24) is 4.90 Å². The van der Waals surface area contributed by atoms with Crippen molar-refractivity contribution in [3.8, 4) is 0 Å². The fourth-order valence-corrected chi connectivity index (χ4v) is 3.19. The molecule has 0 saturated carbocycles.